The first-order valence-corrected chi connectivity index (χ1v) is 4.26. The van der Waals surface area contributed by atoms with Gasteiger partial charge in [-0.2, -0.15) is 5.26 Å². The van der Waals surface area contributed by atoms with E-state index in [2.05, 4.69) is 9.68 Å². The summed E-state index contributed by atoms with van der Waals surface area (Å²) in [6.45, 7) is 0. The number of nitriles is 1. The minimum atomic E-state index is -0.894. The van der Waals surface area contributed by atoms with Gasteiger partial charge in [0.2, 0.25) is 5.88 Å². The van der Waals surface area contributed by atoms with Gasteiger partial charge in [0.05, 0.1) is 17.3 Å². The van der Waals surface area contributed by atoms with Gasteiger partial charge in [-0.15, -0.1) is 0 Å². The summed E-state index contributed by atoms with van der Waals surface area (Å²) in [6, 6.07) is 4.04. The summed E-state index contributed by atoms with van der Waals surface area (Å²) in [5.74, 6) is -1.55. The number of nitrogen functional groups attached to an aromatic ring is 1. The van der Waals surface area contributed by atoms with E-state index < -0.39 is 11.6 Å². The van der Waals surface area contributed by atoms with Gasteiger partial charge in [0, 0.05) is 0 Å². The molecule has 0 aliphatic rings. The molecule has 1 aromatic carbocycles. The molecule has 0 aliphatic heterocycles. The predicted octanol–water partition coefficient (Wildman–Crippen LogP) is 1.64. The molecule has 16 heavy (non-hydrogen) atoms. The van der Waals surface area contributed by atoms with Gasteiger partial charge in [0.1, 0.15) is 6.07 Å². The van der Waals surface area contributed by atoms with E-state index in [1.54, 1.807) is 6.07 Å². The molecule has 5 nitrogen and oxygen atoms in total. The Kier molecular flexibility index (Phi) is 2.21. The molecule has 0 amide bonds. The van der Waals surface area contributed by atoms with E-state index in [1.165, 1.54) is 12.3 Å². The normalized spacial score (nSPS) is 10.0. The summed E-state index contributed by atoms with van der Waals surface area (Å²) in [5, 5.41) is 21.3. The quantitative estimate of drug-likeness (QED) is 0.759. The van der Waals surface area contributed by atoms with Crippen molar-refractivity contribution in [2.45, 2.75) is 0 Å². The van der Waals surface area contributed by atoms with Crippen LogP contribution in [-0.4, -0.2) is 10.3 Å². The highest BCUT2D eigenvalue weighted by Crippen LogP contribution is 2.31. The number of hydrogen-bond acceptors (Lipinski definition) is 5. The first-order valence-electron chi connectivity index (χ1n) is 4.26. The van der Waals surface area contributed by atoms with Crippen LogP contribution < -0.4 is 5.73 Å². The molecule has 0 bridgehead atoms. The molecule has 0 radical (unpaired) electrons. The zero-order chi connectivity index (χ0) is 11.7. The van der Waals surface area contributed by atoms with Crippen LogP contribution in [0.1, 0.15) is 5.56 Å². The highest BCUT2D eigenvalue weighted by molar-refractivity contribution is 5.74. The van der Waals surface area contributed by atoms with Crippen molar-refractivity contribution in [3.05, 3.63) is 29.7 Å². The smallest absolute Gasteiger partial charge is 0.229 e. The van der Waals surface area contributed by atoms with Crippen LogP contribution in [0, 0.1) is 17.1 Å². The molecule has 3 N–H and O–H groups in total. The Morgan fingerprint density at radius 2 is 2.25 bits per heavy atom. The van der Waals surface area contributed by atoms with Crippen LogP contribution in [0.15, 0.2) is 22.9 Å². The van der Waals surface area contributed by atoms with Crippen LogP contribution in [0.4, 0.5) is 10.3 Å². The lowest BCUT2D eigenvalue weighted by atomic mass is 10.0. The van der Waals surface area contributed by atoms with Crippen molar-refractivity contribution >= 4 is 5.88 Å². The van der Waals surface area contributed by atoms with Gasteiger partial charge >= 0.3 is 0 Å². The van der Waals surface area contributed by atoms with Crippen molar-refractivity contribution in [1.82, 2.24) is 5.16 Å². The molecule has 2 aromatic rings. The molecule has 1 heterocycles. The Labute approximate surface area is 89.5 Å². The fraction of sp³-hybridized carbons (Fsp3) is 0. The number of rotatable bonds is 1. The first-order chi connectivity index (χ1) is 7.63. The second kappa shape index (κ2) is 3.55. The van der Waals surface area contributed by atoms with Gasteiger partial charge in [0.15, 0.2) is 11.6 Å². The van der Waals surface area contributed by atoms with E-state index in [9.17, 15) is 9.50 Å². The van der Waals surface area contributed by atoms with Crippen LogP contribution >= 0.6 is 0 Å². The van der Waals surface area contributed by atoms with E-state index >= 15 is 0 Å². The van der Waals surface area contributed by atoms with E-state index in [4.69, 9.17) is 11.0 Å². The van der Waals surface area contributed by atoms with Crippen molar-refractivity contribution in [2.24, 2.45) is 0 Å². The number of nitrogens with two attached hydrogens (primary N) is 1. The van der Waals surface area contributed by atoms with E-state index in [0.717, 1.165) is 6.07 Å². The lowest BCUT2D eigenvalue weighted by Gasteiger charge is -2.02. The Morgan fingerprint density at radius 3 is 2.81 bits per heavy atom. The van der Waals surface area contributed by atoms with E-state index in [1.807, 2.05) is 0 Å². The molecule has 1 aromatic heterocycles. The van der Waals surface area contributed by atoms with Gasteiger partial charge < -0.3 is 15.4 Å². The monoisotopic (exact) mass is 219 g/mol. The molecule has 0 saturated heterocycles. The molecular formula is C10H6FN3O2. The van der Waals surface area contributed by atoms with Crippen molar-refractivity contribution < 1.29 is 14.0 Å². The molecule has 0 unspecified atom stereocenters. The van der Waals surface area contributed by atoms with E-state index in [-0.39, 0.29) is 11.4 Å². The molecule has 2 rings (SSSR count). The summed E-state index contributed by atoms with van der Waals surface area (Å²) < 4.78 is 17.9. The lowest BCUT2D eigenvalue weighted by molar-refractivity contribution is 0.431. The number of anilines is 1. The van der Waals surface area contributed by atoms with Crippen molar-refractivity contribution in [3.63, 3.8) is 0 Å². The fourth-order valence-corrected chi connectivity index (χ4v) is 1.31. The Balaban J connectivity index is 2.65. The summed E-state index contributed by atoms with van der Waals surface area (Å²) in [6.07, 6.45) is 1.31. The number of aromatic nitrogens is 1. The lowest BCUT2D eigenvalue weighted by Crippen LogP contribution is -1.89. The third-order valence-electron chi connectivity index (χ3n) is 2.09. The molecule has 80 valence electrons. The van der Waals surface area contributed by atoms with Gasteiger partial charge in [0.25, 0.3) is 0 Å². The van der Waals surface area contributed by atoms with Crippen LogP contribution in [0.5, 0.6) is 5.75 Å². The van der Waals surface area contributed by atoms with Gasteiger partial charge in [-0.3, -0.25) is 0 Å². The minimum Gasteiger partial charge on any atom is -0.504 e. The largest absolute Gasteiger partial charge is 0.504 e. The van der Waals surface area contributed by atoms with Crippen LogP contribution in [0.25, 0.3) is 11.1 Å². The number of benzene rings is 1. The molecule has 0 atom stereocenters. The fourth-order valence-electron chi connectivity index (χ4n) is 1.31. The number of phenolic OH excluding ortho intramolecular Hbond substituents is 1. The molecule has 0 spiro atoms. The third kappa shape index (κ3) is 1.44. The Hall–Kier alpha value is -2.55. The minimum absolute atomic E-state index is 0.0222. The van der Waals surface area contributed by atoms with Crippen molar-refractivity contribution in [3.8, 4) is 22.9 Å². The Morgan fingerprint density at radius 1 is 1.50 bits per heavy atom. The topological polar surface area (TPSA) is 96.1 Å². The summed E-state index contributed by atoms with van der Waals surface area (Å²) >= 11 is 0. The molecule has 0 fully saturated rings. The van der Waals surface area contributed by atoms with Gasteiger partial charge in [-0.05, 0) is 17.7 Å². The standard InChI is InChI=1S/C10H6FN3O2/c11-8-2-5(1-6(3-12)9(8)15)7-4-14-16-10(7)13/h1-2,4,15H,13H2. The second-order valence-corrected chi connectivity index (χ2v) is 3.07. The molecule has 0 saturated carbocycles. The molecule has 6 heteroatoms. The highest BCUT2D eigenvalue weighted by Gasteiger charge is 2.14. The van der Waals surface area contributed by atoms with Crippen LogP contribution in [0.2, 0.25) is 0 Å². The maximum atomic E-state index is 13.3. The number of aromatic hydroxyl groups is 1. The third-order valence-corrected chi connectivity index (χ3v) is 2.09. The maximum absolute atomic E-state index is 13.3. The maximum Gasteiger partial charge on any atom is 0.229 e. The SMILES string of the molecule is N#Cc1cc(-c2cnoc2N)cc(F)c1O. The van der Waals surface area contributed by atoms with E-state index in [0.29, 0.717) is 11.1 Å². The number of phenols is 1. The zero-order valence-electron chi connectivity index (χ0n) is 7.94. The number of hydrogen-bond donors (Lipinski definition) is 2. The average Bonchev–Trinajstić information content (AvgIpc) is 2.68. The van der Waals surface area contributed by atoms with Gasteiger partial charge in [-0.25, -0.2) is 4.39 Å². The number of halogens is 1. The zero-order valence-corrected chi connectivity index (χ0v) is 7.94. The van der Waals surface area contributed by atoms with Crippen LogP contribution in [0.3, 0.4) is 0 Å². The average molecular weight is 219 g/mol. The first kappa shape index (κ1) is 9.98. The molecule has 0 aliphatic carbocycles. The second-order valence-electron chi connectivity index (χ2n) is 3.07. The summed E-state index contributed by atoms with van der Waals surface area (Å²) in [5.41, 5.74) is 5.98. The predicted molar refractivity (Wildman–Crippen MR) is 52.7 cm³/mol. The Bertz CT molecular complexity index is 586. The van der Waals surface area contributed by atoms with Crippen LogP contribution in [-0.2, 0) is 0 Å². The van der Waals surface area contributed by atoms with Crippen molar-refractivity contribution in [2.75, 3.05) is 5.73 Å². The number of nitrogens with zero attached hydrogens (tertiary/aromatic N) is 2. The highest BCUT2D eigenvalue weighted by atomic mass is 19.1. The van der Waals surface area contributed by atoms with Gasteiger partial charge in [-0.1, -0.05) is 5.16 Å². The molecular weight excluding hydrogens is 213 g/mol. The summed E-state index contributed by atoms with van der Waals surface area (Å²) in [7, 11) is 0. The van der Waals surface area contributed by atoms with Crippen molar-refractivity contribution in [1.29, 1.82) is 5.26 Å². The summed E-state index contributed by atoms with van der Waals surface area (Å²) in [4.78, 5) is 0.